The molecule has 0 aliphatic carbocycles. The van der Waals surface area contributed by atoms with Gasteiger partial charge in [0.25, 0.3) is 5.91 Å². The van der Waals surface area contributed by atoms with Gasteiger partial charge in [-0.3, -0.25) is 4.79 Å². The number of nitrogens with zero attached hydrogens (tertiary/aromatic N) is 7. The normalized spacial score (nSPS) is 17.6. The molecule has 3 aromatic heterocycles. The van der Waals surface area contributed by atoms with Crippen molar-refractivity contribution in [1.29, 1.82) is 0 Å². The molecule has 128 valence electrons. The van der Waals surface area contributed by atoms with Gasteiger partial charge < -0.3 is 9.64 Å². The number of carbonyl (C=O) groups excluding carboxylic acids is 1. The van der Waals surface area contributed by atoms with E-state index in [1.165, 1.54) is 0 Å². The fourth-order valence-electron chi connectivity index (χ4n) is 2.80. The maximum Gasteiger partial charge on any atom is 0.257 e. The number of tetrazole rings is 1. The zero-order valence-electron chi connectivity index (χ0n) is 13.5. The molecule has 1 atom stereocenters. The molecular formula is C15H16N8O2. The maximum atomic E-state index is 12.9. The number of amides is 1. The van der Waals surface area contributed by atoms with Crippen molar-refractivity contribution in [1.82, 2.24) is 40.3 Å². The SMILES string of the molecule is Cc1c(C(=O)N2CCOC(c3nn[nH]n3)C2)cnn1-c1ccccn1. The zero-order chi connectivity index (χ0) is 17.2. The van der Waals surface area contributed by atoms with Gasteiger partial charge in [0.1, 0.15) is 6.10 Å². The van der Waals surface area contributed by atoms with Crippen LogP contribution in [0.4, 0.5) is 0 Å². The fourth-order valence-corrected chi connectivity index (χ4v) is 2.80. The molecular weight excluding hydrogens is 324 g/mol. The van der Waals surface area contributed by atoms with Crippen LogP contribution < -0.4 is 0 Å². The summed E-state index contributed by atoms with van der Waals surface area (Å²) >= 11 is 0. The van der Waals surface area contributed by atoms with Gasteiger partial charge in [-0.2, -0.15) is 10.3 Å². The van der Waals surface area contributed by atoms with E-state index < -0.39 is 0 Å². The lowest BCUT2D eigenvalue weighted by Crippen LogP contribution is -2.42. The molecule has 1 aliphatic heterocycles. The van der Waals surface area contributed by atoms with Crippen molar-refractivity contribution < 1.29 is 9.53 Å². The Balaban J connectivity index is 1.56. The van der Waals surface area contributed by atoms with Crippen molar-refractivity contribution in [3.63, 3.8) is 0 Å². The Hall–Kier alpha value is -3.14. The van der Waals surface area contributed by atoms with Gasteiger partial charge in [-0.1, -0.05) is 11.3 Å². The molecule has 4 heterocycles. The van der Waals surface area contributed by atoms with Crippen molar-refractivity contribution in [2.45, 2.75) is 13.0 Å². The number of ether oxygens (including phenoxy) is 1. The third-order valence-electron chi connectivity index (χ3n) is 4.11. The molecule has 10 nitrogen and oxygen atoms in total. The Bertz CT molecular complexity index is 861. The van der Waals surface area contributed by atoms with Crippen molar-refractivity contribution in [3.05, 3.63) is 47.7 Å². The second-order valence-electron chi connectivity index (χ2n) is 5.62. The summed E-state index contributed by atoms with van der Waals surface area (Å²) in [5, 5.41) is 18.1. The number of rotatable bonds is 3. The quantitative estimate of drug-likeness (QED) is 0.729. The smallest absolute Gasteiger partial charge is 0.257 e. The lowest BCUT2D eigenvalue weighted by atomic mass is 10.2. The minimum Gasteiger partial charge on any atom is -0.366 e. The van der Waals surface area contributed by atoms with Crippen molar-refractivity contribution in [2.24, 2.45) is 0 Å². The zero-order valence-corrected chi connectivity index (χ0v) is 13.5. The van der Waals surface area contributed by atoms with Crippen molar-refractivity contribution in [3.8, 4) is 5.82 Å². The molecule has 0 aromatic carbocycles. The van der Waals surface area contributed by atoms with Gasteiger partial charge in [0.15, 0.2) is 5.82 Å². The van der Waals surface area contributed by atoms with Crippen LogP contribution in [0.5, 0.6) is 0 Å². The summed E-state index contributed by atoms with van der Waals surface area (Å²) in [7, 11) is 0. The number of carbonyl (C=O) groups is 1. The number of pyridine rings is 1. The topological polar surface area (TPSA) is 115 Å². The highest BCUT2D eigenvalue weighted by molar-refractivity contribution is 5.95. The van der Waals surface area contributed by atoms with Gasteiger partial charge in [-0.05, 0) is 19.1 Å². The molecule has 10 heteroatoms. The first-order valence-corrected chi connectivity index (χ1v) is 7.84. The van der Waals surface area contributed by atoms with E-state index in [9.17, 15) is 4.79 Å². The van der Waals surface area contributed by atoms with E-state index in [4.69, 9.17) is 4.74 Å². The van der Waals surface area contributed by atoms with Crippen molar-refractivity contribution >= 4 is 5.91 Å². The summed E-state index contributed by atoms with van der Waals surface area (Å²) in [6.07, 6.45) is 2.88. The van der Waals surface area contributed by atoms with Gasteiger partial charge in [0.2, 0.25) is 5.82 Å². The Kier molecular flexibility index (Phi) is 3.94. The van der Waals surface area contributed by atoms with Gasteiger partial charge in [0, 0.05) is 12.7 Å². The summed E-state index contributed by atoms with van der Waals surface area (Å²) in [4.78, 5) is 18.9. The minimum absolute atomic E-state index is 0.100. The average Bonchev–Trinajstić information content (AvgIpc) is 3.32. The summed E-state index contributed by atoms with van der Waals surface area (Å²) in [6, 6.07) is 5.55. The van der Waals surface area contributed by atoms with E-state index in [1.54, 1.807) is 22.0 Å². The third kappa shape index (κ3) is 2.87. The molecule has 1 unspecified atom stereocenters. The summed E-state index contributed by atoms with van der Waals surface area (Å²) in [5.41, 5.74) is 1.28. The van der Waals surface area contributed by atoms with Crippen molar-refractivity contribution in [2.75, 3.05) is 19.7 Å². The Labute approximate surface area is 142 Å². The second kappa shape index (κ2) is 6.40. The molecule has 0 spiro atoms. The number of aromatic nitrogens is 7. The maximum absolute atomic E-state index is 12.9. The molecule has 1 aliphatic rings. The van der Waals surface area contributed by atoms with Crippen LogP contribution in [0, 0.1) is 6.92 Å². The Morgan fingerprint density at radius 2 is 2.32 bits per heavy atom. The van der Waals surface area contributed by atoms with E-state index >= 15 is 0 Å². The molecule has 4 rings (SSSR count). The van der Waals surface area contributed by atoms with Gasteiger partial charge in [-0.15, -0.1) is 10.2 Å². The largest absolute Gasteiger partial charge is 0.366 e. The predicted octanol–water partition coefficient (Wildman–Crippen LogP) is 0.303. The van der Waals surface area contributed by atoms with Crippen LogP contribution in [0.15, 0.2) is 30.6 Å². The van der Waals surface area contributed by atoms with E-state index in [0.29, 0.717) is 36.9 Å². The predicted molar refractivity (Wildman–Crippen MR) is 84.9 cm³/mol. The van der Waals surface area contributed by atoms with E-state index in [0.717, 1.165) is 5.69 Å². The standard InChI is InChI=1S/C15H16N8O2/c1-10-11(8-17-23(10)13-4-2-3-5-16-13)15(24)22-6-7-25-12(9-22)14-18-20-21-19-14/h2-5,8,12H,6-7,9H2,1H3,(H,18,19,20,21). The number of morpholine rings is 1. The highest BCUT2D eigenvalue weighted by Crippen LogP contribution is 2.21. The monoisotopic (exact) mass is 340 g/mol. The Morgan fingerprint density at radius 3 is 3.08 bits per heavy atom. The average molecular weight is 340 g/mol. The second-order valence-corrected chi connectivity index (χ2v) is 5.62. The summed E-state index contributed by atoms with van der Waals surface area (Å²) < 4.78 is 7.29. The number of H-pyrrole nitrogens is 1. The van der Waals surface area contributed by atoms with Crippen LogP contribution in [0.1, 0.15) is 28.0 Å². The molecule has 3 aromatic rings. The third-order valence-corrected chi connectivity index (χ3v) is 4.11. The van der Waals surface area contributed by atoms with Crippen LogP contribution in [0.2, 0.25) is 0 Å². The van der Waals surface area contributed by atoms with E-state index in [1.807, 2.05) is 25.1 Å². The highest BCUT2D eigenvalue weighted by Gasteiger charge is 2.30. The summed E-state index contributed by atoms with van der Waals surface area (Å²) in [5.74, 6) is 1.01. The first kappa shape index (κ1) is 15.4. The number of hydrogen-bond acceptors (Lipinski definition) is 7. The van der Waals surface area contributed by atoms with Gasteiger partial charge in [0.05, 0.1) is 30.6 Å². The highest BCUT2D eigenvalue weighted by atomic mass is 16.5. The fraction of sp³-hybridized carbons (Fsp3) is 0.333. The van der Waals surface area contributed by atoms with Crippen LogP contribution in [0.25, 0.3) is 5.82 Å². The molecule has 1 saturated heterocycles. The number of nitrogens with one attached hydrogen (secondary N) is 1. The number of aromatic amines is 1. The van der Waals surface area contributed by atoms with Crippen LogP contribution in [0.3, 0.4) is 0 Å². The first-order valence-electron chi connectivity index (χ1n) is 7.84. The minimum atomic E-state index is -0.386. The van der Waals surface area contributed by atoms with Crippen LogP contribution >= 0.6 is 0 Å². The molecule has 0 saturated carbocycles. The van der Waals surface area contributed by atoms with E-state index in [-0.39, 0.29) is 12.0 Å². The van der Waals surface area contributed by atoms with Crippen LogP contribution in [-0.4, -0.2) is 65.9 Å². The van der Waals surface area contributed by atoms with Crippen LogP contribution in [-0.2, 0) is 4.74 Å². The molecule has 1 N–H and O–H groups in total. The number of hydrogen-bond donors (Lipinski definition) is 1. The first-order chi connectivity index (χ1) is 12.2. The summed E-state index contributed by atoms with van der Waals surface area (Å²) in [6.45, 7) is 3.14. The lowest BCUT2D eigenvalue weighted by molar-refractivity contribution is -0.0268. The molecule has 1 amide bonds. The van der Waals surface area contributed by atoms with Gasteiger partial charge in [-0.25, -0.2) is 9.67 Å². The molecule has 0 bridgehead atoms. The lowest BCUT2D eigenvalue weighted by Gasteiger charge is -2.31. The van der Waals surface area contributed by atoms with E-state index in [2.05, 4.69) is 30.7 Å². The molecule has 25 heavy (non-hydrogen) atoms. The van der Waals surface area contributed by atoms with Gasteiger partial charge >= 0.3 is 0 Å². The molecule has 1 fully saturated rings. The molecule has 0 radical (unpaired) electrons. The Morgan fingerprint density at radius 1 is 1.40 bits per heavy atom.